The van der Waals surface area contributed by atoms with E-state index in [2.05, 4.69) is 15.3 Å². The van der Waals surface area contributed by atoms with Crippen molar-refractivity contribution in [1.29, 1.82) is 0 Å². The summed E-state index contributed by atoms with van der Waals surface area (Å²) in [6.07, 6.45) is 3.02. The number of hydrogen-bond donors (Lipinski definition) is 3. The molecular weight excluding hydrogens is 328 g/mol. The SMILES string of the molecule is Cc1nccc(C[C@@H]2[C@@H](CO)[C@H](O)C[C@H]2NC2CCC(F)(F)CC2)n1. The Balaban J connectivity index is 1.68. The zero-order valence-corrected chi connectivity index (χ0v) is 14.5. The van der Waals surface area contributed by atoms with Crippen molar-refractivity contribution in [1.82, 2.24) is 15.3 Å². The molecule has 0 aromatic carbocycles. The normalized spacial score (nSPS) is 32.8. The summed E-state index contributed by atoms with van der Waals surface area (Å²) in [5, 5.41) is 23.5. The molecule has 0 amide bonds. The van der Waals surface area contributed by atoms with Crippen LogP contribution in [-0.4, -0.2) is 50.9 Å². The molecule has 3 N–H and O–H groups in total. The van der Waals surface area contributed by atoms with E-state index in [9.17, 15) is 19.0 Å². The summed E-state index contributed by atoms with van der Waals surface area (Å²) >= 11 is 0. The van der Waals surface area contributed by atoms with Crippen molar-refractivity contribution in [2.45, 2.75) is 69.6 Å². The van der Waals surface area contributed by atoms with E-state index in [1.165, 1.54) is 0 Å². The molecule has 0 aliphatic heterocycles. The number of nitrogens with zero attached hydrogens (tertiary/aromatic N) is 2. The fourth-order valence-electron chi connectivity index (χ4n) is 4.31. The van der Waals surface area contributed by atoms with Crippen molar-refractivity contribution in [3.63, 3.8) is 0 Å². The van der Waals surface area contributed by atoms with Crippen molar-refractivity contribution in [3.8, 4) is 0 Å². The predicted molar refractivity (Wildman–Crippen MR) is 89.3 cm³/mol. The molecule has 1 aromatic heterocycles. The van der Waals surface area contributed by atoms with Crippen LogP contribution in [0.5, 0.6) is 0 Å². The number of alkyl halides is 2. The zero-order chi connectivity index (χ0) is 18.0. The summed E-state index contributed by atoms with van der Waals surface area (Å²) < 4.78 is 26.7. The Kier molecular flexibility index (Phi) is 5.65. The predicted octanol–water partition coefficient (Wildman–Crippen LogP) is 1.85. The van der Waals surface area contributed by atoms with Gasteiger partial charge in [-0.3, -0.25) is 0 Å². The van der Waals surface area contributed by atoms with E-state index in [1.807, 2.05) is 13.0 Å². The van der Waals surface area contributed by atoms with Gasteiger partial charge in [-0.15, -0.1) is 0 Å². The van der Waals surface area contributed by atoms with Crippen LogP contribution in [0.1, 0.15) is 43.6 Å². The third kappa shape index (κ3) is 4.51. The number of hydrogen-bond acceptors (Lipinski definition) is 5. The van der Waals surface area contributed by atoms with E-state index in [1.54, 1.807) is 6.20 Å². The Morgan fingerprint density at radius 1 is 1.28 bits per heavy atom. The highest BCUT2D eigenvalue weighted by Crippen LogP contribution is 2.37. The molecule has 25 heavy (non-hydrogen) atoms. The molecule has 2 aliphatic rings. The minimum atomic E-state index is -2.54. The molecule has 0 spiro atoms. The quantitative estimate of drug-likeness (QED) is 0.751. The number of rotatable bonds is 5. The molecule has 0 bridgehead atoms. The Morgan fingerprint density at radius 3 is 2.64 bits per heavy atom. The summed E-state index contributed by atoms with van der Waals surface area (Å²) in [5.41, 5.74) is 0.882. The maximum atomic E-state index is 13.4. The monoisotopic (exact) mass is 355 g/mol. The van der Waals surface area contributed by atoms with Gasteiger partial charge in [0.15, 0.2) is 0 Å². The highest BCUT2D eigenvalue weighted by atomic mass is 19.3. The fraction of sp³-hybridized carbons (Fsp3) is 0.778. The Hall–Kier alpha value is -1.18. The number of aromatic nitrogens is 2. The zero-order valence-electron chi connectivity index (χ0n) is 14.5. The maximum Gasteiger partial charge on any atom is 0.248 e. The lowest BCUT2D eigenvalue weighted by atomic mass is 9.87. The summed E-state index contributed by atoms with van der Waals surface area (Å²) in [7, 11) is 0. The lowest BCUT2D eigenvalue weighted by Crippen LogP contribution is -2.45. The summed E-state index contributed by atoms with van der Waals surface area (Å²) in [4.78, 5) is 8.53. The van der Waals surface area contributed by atoms with Crippen molar-refractivity contribution in [3.05, 3.63) is 23.8 Å². The van der Waals surface area contributed by atoms with Crippen molar-refractivity contribution >= 4 is 0 Å². The molecule has 2 saturated carbocycles. The number of aryl methyl sites for hydroxylation is 1. The van der Waals surface area contributed by atoms with Crippen LogP contribution < -0.4 is 5.32 Å². The van der Waals surface area contributed by atoms with Gasteiger partial charge >= 0.3 is 0 Å². The lowest BCUT2D eigenvalue weighted by molar-refractivity contribution is -0.0417. The molecule has 0 unspecified atom stereocenters. The van der Waals surface area contributed by atoms with E-state index in [-0.39, 0.29) is 43.4 Å². The van der Waals surface area contributed by atoms with Gasteiger partial charge in [0, 0.05) is 49.3 Å². The molecule has 1 aromatic rings. The molecule has 4 atom stereocenters. The number of aliphatic hydroxyl groups is 2. The van der Waals surface area contributed by atoms with Crippen LogP contribution in [0.2, 0.25) is 0 Å². The largest absolute Gasteiger partial charge is 0.396 e. The minimum absolute atomic E-state index is 0.000793. The molecule has 2 aliphatic carbocycles. The number of nitrogens with one attached hydrogen (secondary N) is 1. The molecule has 1 heterocycles. The molecule has 5 nitrogen and oxygen atoms in total. The van der Waals surface area contributed by atoms with Crippen molar-refractivity contribution in [2.24, 2.45) is 11.8 Å². The van der Waals surface area contributed by atoms with Gasteiger partial charge in [0.25, 0.3) is 0 Å². The van der Waals surface area contributed by atoms with Crippen LogP contribution in [0.25, 0.3) is 0 Å². The van der Waals surface area contributed by atoms with Gasteiger partial charge in [-0.25, -0.2) is 18.7 Å². The Labute approximate surface area is 146 Å². The Bertz CT molecular complexity index is 577. The van der Waals surface area contributed by atoms with Crippen molar-refractivity contribution in [2.75, 3.05) is 6.61 Å². The molecule has 0 saturated heterocycles. The third-order valence-electron chi connectivity index (χ3n) is 5.71. The third-order valence-corrected chi connectivity index (χ3v) is 5.71. The summed E-state index contributed by atoms with van der Waals surface area (Å²) in [6.45, 7) is 1.74. The van der Waals surface area contributed by atoms with Gasteiger partial charge in [0.1, 0.15) is 5.82 Å². The van der Waals surface area contributed by atoms with Gasteiger partial charge in [-0.1, -0.05) is 0 Å². The van der Waals surface area contributed by atoms with Gasteiger partial charge in [0.05, 0.1) is 6.10 Å². The van der Waals surface area contributed by atoms with Crippen molar-refractivity contribution < 1.29 is 19.0 Å². The first-order valence-corrected chi connectivity index (χ1v) is 9.09. The topological polar surface area (TPSA) is 78.3 Å². The lowest BCUT2D eigenvalue weighted by Gasteiger charge is -2.33. The van der Waals surface area contributed by atoms with Gasteiger partial charge in [-0.05, 0) is 44.6 Å². The molecular formula is C18H27F2N3O2. The van der Waals surface area contributed by atoms with Crippen LogP contribution >= 0.6 is 0 Å². The second kappa shape index (κ2) is 7.60. The number of aliphatic hydroxyl groups excluding tert-OH is 2. The standard InChI is InChI=1S/C18H27F2N3O2/c1-11-21-7-4-13(22-11)8-14-15(10-24)17(25)9-16(14)23-12-2-5-18(19,20)6-3-12/h4,7,12,14-17,23-25H,2-3,5-6,8-10H2,1H3/t14-,15-,16-,17-/m1/s1. The highest BCUT2D eigenvalue weighted by Gasteiger charge is 2.44. The van der Waals surface area contributed by atoms with Gasteiger partial charge in [0.2, 0.25) is 5.92 Å². The average molecular weight is 355 g/mol. The highest BCUT2D eigenvalue weighted by molar-refractivity contribution is 5.07. The minimum Gasteiger partial charge on any atom is -0.396 e. The van der Waals surface area contributed by atoms with Crippen LogP contribution in [-0.2, 0) is 6.42 Å². The second-order valence-electron chi connectivity index (χ2n) is 7.52. The van der Waals surface area contributed by atoms with E-state index < -0.39 is 12.0 Å². The van der Waals surface area contributed by atoms with E-state index >= 15 is 0 Å². The first-order valence-electron chi connectivity index (χ1n) is 9.09. The first-order chi connectivity index (χ1) is 11.9. The van der Waals surface area contributed by atoms with Crippen LogP contribution in [0.15, 0.2) is 12.3 Å². The smallest absolute Gasteiger partial charge is 0.248 e. The molecule has 2 fully saturated rings. The Morgan fingerprint density at radius 2 is 2.00 bits per heavy atom. The molecule has 7 heteroatoms. The molecule has 140 valence electrons. The maximum absolute atomic E-state index is 13.4. The summed E-state index contributed by atoms with van der Waals surface area (Å²) in [6, 6.07) is 1.90. The number of halogens is 2. The second-order valence-corrected chi connectivity index (χ2v) is 7.52. The van der Waals surface area contributed by atoms with Crippen LogP contribution in [0.3, 0.4) is 0 Å². The van der Waals surface area contributed by atoms with Gasteiger partial charge in [-0.2, -0.15) is 0 Å². The van der Waals surface area contributed by atoms with Crippen LogP contribution in [0.4, 0.5) is 8.78 Å². The molecule has 0 radical (unpaired) electrons. The van der Waals surface area contributed by atoms with E-state index in [4.69, 9.17) is 0 Å². The van der Waals surface area contributed by atoms with Gasteiger partial charge < -0.3 is 15.5 Å². The van der Waals surface area contributed by atoms with E-state index in [0.717, 1.165) is 5.69 Å². The first kappa shape index (κ1) is 18.6. The molecule has 3 rings (SSSR count). The summed E-state index contributed by atoms with van der Waals surface area (Å²) in [5.74, 6) is -2.05. The average Bonchev–Trinajstić information content (AvgIpc) is 2.84. The fourth-order valence-corrected chi connectivity index (χ4v) is 4.31. The van der Waals surface area contributed by atoms with E-state index in [0.29, 0.717) is 31.5 Å². The van der Waals surface area contributed by atoms with Crippen LogP contribution in [0, 0.1) is 18.8 Å².